The number of nitrogens with zero attached hydrogens (tertiary/aromatic N) is 2. The highest BCUT2D eigenvalue weighted by molar-refractivity contribution is 7.84. The second-order valence-corrected chi connectivity index (χ2v) is 16.5. The minimum Gasteiger partial charge on any atom is -0.491 e. The smallest absolute Gasteiger partial charge is 0.263 e. The Labute approximate surface area is 287 Å². The zero-order valence-corrected chi connectivity index (χ0v) is 29.7. The molecule has 2 N–H and O–H groups in total. The van der Waals surface area contributed by atoms with Crippen molar-refractivity contribution in [1.82, 2.24) is 9.62 Å². The SMILES string of the molecule is CCCc1cc(Cl)ccc1C1COc2ccc3cc2N(C1)CC1CCC1C(O)(C1CCN(C)C1=O)CCCC(C)C(C)S(=O)NC3=O. The number of anilines is 1. The molecule has 10 heteroatoms. The first kappa shape index (κ1) is 34.3. The molecule has 1 saturated carbocycles. The number of benzene rings is 2. The lowest BCUT2D eigenvalue weighted by molar-refractivity contribution is -0.154. The maximum absolute atomic E-state index is 13.4. The topological polar surface area (TPSA) is 99.2 Å². The second-order valence-electron chi connectivity index (χ2n) is 14.5. The highest BCUT2D eigenvalue weighted by Crippen LogP contribution is 2.51. The summed E-state index contributed by atoms with van der Waals surface area (Å²) in [5.41, 5.74) is 2.61. The van der Waals surface area contributed by atoms with Crippen LogP contribution >= 0.6 is 11.6 Å². The summed E-state index contributed by atoms with van der Waals surface area (Å²) in [6.07, 6.45) is 6.44. The number of amides is 2. The van der Waals surface area contributed by atoms with Crippen LogP contribution in [0.5, 0.6) is 5.75 Å². The van der Waals surface area contributed by atoms with Crippen molar-refractivity contribution in [3.05, 3.63) is 58.1 Å². The number of hydrogen-bond acceptors (Lipinski definition) is 6. The van der Waals surface area contributed by atoms with Gasteiger partial charge >= 0.3 is 0 Å². The Bertz CT molecular complexity index is 1520. The molecular weight excluding hydrogens is 634 g/mol. The standard InChI is InChI=1S/C37H50ClN3O5S/c1-5-7-25-18-29(38)11-12-30(25)28-21-41-20-27-9-13-31(27)37(44,32-15-17-40(4)36(32)43)16-6-8-23(2)24(3)47(45)39-35(42)26-10-14-34(46-22-28)33(41)19-26/h10-12,14,18-19,23-24,27-28,31-32,44H,5-9,13,15-17,20-22H2,1-4H3,(H,39,42). The highest BCUT2D eigenvalue weighted by atomic mass is 35.5. The molecule has 3 heterocycles. The van der Waals surface area contributed by atoms with Crippen LogP contribution in [-0.2, 0) is 22.2 Å². The molecule has 2 bridgehead atoms. The van der Waals surface area contributed by atoms with Gasteiger partial charge in [-0.25, -0.2) is 4.21 Å². The van der Waals surface area contributed by atoms with Gasteiger partial charge in [0.25, 0.3) is 5.91 Å². The van der Waals surface area contributed by atoms with Crippen molar-refractivity contribution in [3.8, 4) is 5.75 Å². The van der Waals surface area contributed by atoms with E-state index >= 15 is 0 Å². The first-order valence-electron chi connectivity index (χ1n) is 17.5. The average Bonchev–Trinajstić information content (AvgIpc) is 3.26. The molecule has 8 atom stereocenters. The minimum atomic E-state index is -1.58. The summed E-state index contributed by atoms with van der Waals surface area (Å²) in [5.74, 6) is 0.263. The molecule has 6 rings (SSSR count). The van der Waals surface area contributed by atoms with Gasteiger partial charge in [-0.1, -0.05) is 44.4 Å². The zero-order chi connectivity index (χ0) is 33.5. The Kier molecular flexibility index (Phi) is 10.3. The minimum absolute atomic E-state index is 0.0125. The number of nitrogens with one attached hydrogen (secondary N) is 1. The average molecular weight is 684 g/mol. The van der Waals surface area contributed by atoms with E-state index in [4.69, 9.17) is 16.3 Å². The molecule has 8 unspecified atom stereocenters. The Morgan fingerprint density at radius 3 is 2.60 bits per heavy atom. The number of hydrogen-bond donors (Lipinski definition) is 2. The number of fused-ring (bicyclic) bond motifs is 2. The normalized spacial score (nSPS) is 33.4. The van der Waals surface area contributed by atoms with Gasteiger partial charge < -0.3 is 19.6 Å². The van der Waals surface area contributed by atoms with Crippen molar-refractivity contribution in [2.24, 2.45) is 23.7 Å². The predicted octanol–water partition coefficient (Wildman–Crippen LogP) is 6.11. The van der Waals surface area contributed by atoms with Crippen molar-refractivity contribution >= 4 is 40.1 Å². The van der Waals surface area contributed by atoms with Crippen LogP contribution in [0.4, 0.5) is 5.69 Å². The van der Waals surface area contributed by atoms with E-state index in [2.05, 4.69) is 35.6 Å². The molecule has 2 fully saturated rings. The van der Waals surface area contributed by atoms with Gasteiger partial charge in [-0.2, -0.15) is 0 Å². The van der Waals surface area contributed by atoms with E-state index in [0.717, 1.165) is 49.2 Å². The van der Waals surface area contributed by atoms with Gasteiger partial charge in [0.2, 0.25) is 5.91 Å². The number of aryl methyl sites for hydroxylation is 1. The highest BCUT2D eigenvalue weighted by Gasteiger charge is 2.55. The van der Waals surface area contributed by atoms with Crippen LogP contribution in [0.25, 0.3) is 0 Å². The van der Waals surface area contributed by atoms with Gasteiger partial charge in [-0.05, 0) is 105 Å². The zero-order valence-electron chi connectivity index (χ0n) is 28.2. The van der Waals surface area contributed by atoms with E-state index in [1.54, 1.807) is 11.0 Å². The lowest BCUT2D eigenvalue weighted by Crippen LogP contribution is -2.56. The van der Waals surface area contributed by atoms with Gasteiger partial charge in [0.15, 0.2) is 0 Å². The molecule has 8 nitrogen and oxygen atoms in total. The van der Waals surface area contributed by atoms with Crippen LogP contribution in [0.15, 0.2) is 36.4 Å². The van der Waals surface area contributed by atoms with Crippen molar-refractivity contribution in [1.29, 1.82) is 0 Å². The summed E-state index contributed by atoms with van der Waals surface area (Å²) in [7, 11) is 0.254. The summed E-state index contributed by atoms with van der Waals surface area (Å²) < 4.78 is 22.6. The lowest BCUT2D eigenvalue weighted by atomic mass is 9.59. The van der Waals surface area contributed by atoms with Gasteiger partial charge in [0, 0.05) is 43.2 Å². The van der Waals surface area contributed by atoms with E-state index in [9.17, 15) is 18.9 Å². The number of carbonyl (C=O) groups excluding carboxylic acids is 2. The van der Waals surface area contributed by atoms with Gasteiger partial charge in [-0.15, -0.1) is 0 Å². The van der Waals surface area contributed by atoms with Crippen LogP contribution in [0, 0.1) is 23.7 Å². The Balaban J connectivity index is 1.40. The fourth-order valence-corrected chi connectivity index (χ4v) is 9.72. The van der Waals surface area contributed by atoms with Crippen LogP contribution in [-0.4, -0.2) is 70.2 Å². The van der Waals surface area contributed by atoms with Crippen LogP contribution in [0.3, 0.4) is 0 Å². The molecule has 3 aliphatic heterocycles. The molecule has 1 saturated heterocycles. The van der Waals surface area contributed by atoms with E-state index < -0.39 is 22.5 Å². The largest absolute Gasteiger partial charge is 0.491 e. The van der Waals surface area contributed by atoms with Crippen LogP contribution in [0.1, 0.15) is 93.1 Å². The molecule has 256 valence electrons. The number of carbonyl (C=O) groups is 2. The summed E-state index contributed by atoms with van der Waals surface area (Å²) >= 11 is 6.44. The van der Waals surface area contributed by atoms with Crippen molar-refractivity contribution < 1.29 is 23.6 Å². The first-order chi connectivity index (χ1) is 22.5. The fourth-order valence-electron chi connectivity index (χ4n) is 8.48. The number of rotatable bonds is 4. The number of aliphatic hydroxyl groups is 1. The first-order valence-corrected chi connectivity index (χ1v) is 19.1. The second kappa shape index (κ2) is 14.1. The van der Waals surface area contributed by atoms with E-state index in [1.807, 2.05) is 32.2 Å². The van der Waals surface area contributed by atoms with Gasteiger partial charge in [-0.3, -0.25) is 14.3 Å². The Hall–Kier alpha value is -2.62. The molecular formula is C37H50ClN3O5S. The molecule has 0 spiro atoms. The third-order valence-electron chi connectivity index (χ3n) is 11.6. The summed E-state index contributed by atoms with van der Waals surface area (Å²) in [4.78, 5) is 31.0. The molecule has 2 amide bonds. The monoisotopic (exact) mass is 683 g/mol. The van der Waals surface area contributed by atoms with Crippen molar-refractivity contribution in [2.75, 3.05) is 38.2 Å². The van der Waals surface area contributed by atoms with Crippen LogP contribution < -0.4 is 14.4 Å². The molecule has 47 heavy (non-hydrogen) atoms. The Morgan fingerprint density at radius 1 is 1.09 bits per heavy atom. The lowest BCUT2D eigenvalue weighted by Gasteiger charge is -2.51. The maximum Gasteiger partial charge on any atom is 0.263 e. The van der Waals surface area contributed by atoms with Crippen LogP contribution in [0.2, 0.25) is 5.02 Å². The molecule has 0 radical (unpaired) electrons. The van der Waals surface area contributed by atoms with E-state index in [1.165, 1.54) is 11.1 Å². The molecule has 1 aliphatic carbocycles. The summed E-state index contributed by atoms with van der Waals surface area (Å²) in [6, 6.07) is 11.6. The Morgan fingerprint density at radius 2 is 1.89 bits per heavy atom. The number of ether oxygens (including phenoxy) is 1. The predicted molar refractivity (Wildman–Crippen MR) is 187 cm³/mol. The third kappa shape index (κ3) is 6.82. The quantitative estimate of drug-likeness (QED) is 0.404. The summed E-state index contributed by atoms with van der Waals surface area (Å²) in [5, 5.41) is 13.1. The number of halogens is 1. The molecule has 4 aliphatic rings. The summed E-state index contributed by atoms with van der Waals surface area (Å²) in [6.45, 7) is 8.62. The van der Waals surface area contributed by atoms with Crippen molar-refractivity contribution in [2.45, 2.75) is 88.9 Å². The van der Waals surface area contributed by atoms with Gasteiger partial charge in [0.1, 0.15) is 16.7 Å². The molecule has 2 aromatic rings. The molecule has 0 aromatic heterocycles. The maximum atomic E-state index is 13.4. The fraction of sp³-hybridized carbons (Fsp3) is 0.622. The molecule has 2 aromatic carbocycles. The van der Waals surface area contributed by atoms with Crippen molar-refractivity contribution in [3.63, 3.8) is 0 Å². The van der Waals surface area contributed by atoms with Gasteiger partial charge in [0.05, 0.1) is 29.1 Å². The van der Waals surface area contributed by atoms with E-state index in [0.29, 0.717) is 50.4 Å². The third-order valence-corrected chi connectivity index (χ3v) is 13.4. The van der Waals surface area contributed by atoms with E-state index in [-0.39, 0.29) is 40.7 Å². The number of likely N-dealkylation sites (tertiary alicyclic amines) is 1.